The minimum Gasteiger partial charge on any atom is -0.397 e. The maximum absolute atomic E-state index is 12.0. The van der Waals surface area contributed by atoms with Crippen LogP contribution in [0.25, 0.3) is 0 Å². The zero-order valence-corrected chi connectivity index (χ0v) is 12.5. The summed E-state index contributed by atoms with van der Waals surface area (Å²) < 4.78 is 0. The van der Waals surface area contributed by atoms with Crippen molar-refractivity contribution in [3.05, 3.63) is 23.1 Å². The molecule has 0 saturated heterocycles. The summed E-state index contributed by atoms with van der Waals surface area (Å²) in [5.41, 5.74) is 11.5. The molecule has 0 radical (unpaired) electrons. The first-order chi connectivity index (χ1) is 9.42. The first kappa shape index (κ1) is 16.0. The Balaban J connectivity index is 3.15. The van der Waals surface area contributed by atoms with Gasteiger partial charge in [-0.3, -0.25) is 9.59 Å². The summed E-state index contributed by atoms with van der Waals surface area (Å²) in [7, 11) is 0. The third kappa shape index (κ3) is 3.51. The molecule has 0 spiro atoms. The van der Waals surface area contributed by atoms with Gasteiger partial charge >= 0.3 is 0 Å². The first-order valence-electron chi connectivity index (χ1n) is 6.30. The summed E-state index contributed by atoms with van der Waals surface area (Å²) in [5.74, 6) is -0.987. The Hall–Kier alpha value is -2.02. The van der Waals surface area contributed by atoms with Crippen molar-refractivity contribution in [2.45, 2.75) is 26.3 Å². The van der Waals surface area contributed by atoms with E-state index in [1.807, 2.05) is 13.8 Å². The predicted octanol–water partition coefficient (Wildman–Crippen LogP) is 1.56. The van der Waals surface area contributed by atoms with Gasteiger partial charge in [-0.25, -0.2) is 0 Å². The van der Waals surface area contributed by atoms with Gasteiger partial charge in [0.25, 0.3) is 11.8 Å². The van der Waals surface area contributed by atoms with Crippen molar-refractivity contribution in [3.8, 4) is 0 Å². The third-order valence-electron chi connectivity index (χ3n) is 2.79. The van der Waals surface area contributed by atoms with Crippen molar-refractivity contribution < 1.29 is 9.59 Å². The summed E-state index contributed by atoms with van der Waals surface area (Å²) in [6.07, 6.45) is 2.43. The molecular weight excluding hydrogens is 276 g/mol. The summed E-state index contributed by atoms with van der Waals surface area (Å²) in [5, 5.41) is 6.32. The quantitative estimate of drug-likeness (QED) is 0.572. The van der Waals surface area contributed by atoms with Crippen LogP contribution >= 0.6 is 11.3 Å². The molecule has 0 fully saturated rings. The smallest absolute Gasteiger partial charge is 0.263 e. The number of hydrogen-bond acceptors (Lipinski definition) is 5. The minimum atomic E-state index is -0.646. The molecule has 2 amide bonds. The fraction of sp³-hybridized carbons (Fsp3) is 0.385. The van der Waals surface area contributed by atoms with Crippen LogP contribution in [0.1, 0.15) is 40.3 Å². The number of thiophene rings is 1. The average molecular weight is 296 g/mol. The lowest BCUT2D eigenvalue weighted by molar-refractivity contribution is 0.0962. The second-order valence-corrected chi connectivity index (χ2v) is 5.39. The van der Waals surface area contributed by atoms with Gasteiger partial charge in [-0.15, -0.1) is 17.9 Å². The molecule has 0 saturated carbocycles. The number of nitrogens with one attached hydrogen (secondary N) is 2. The predicted molar refractivity (Wildman–Crippen MR) is 83.2 cm³/mol. The second kappa shape index (κ2) is 6.95. The van der Waals surface area contributed by atoms with E-state index in [9.17, 15) is 9.59 Å². The Morgan fingerprint density at radius 2 is 2.15 bits per heavy atom. The molecule has 1 atom stereocenters. The zero-order chi connectivity index (χ0) is 15.3. The van der Waals surface area contributed by atoms with Crippen LogP contribution in [0, 0.1) is 0 Å². The fourth-order valence-electron chi connectivity index (χ4n) is 1.53. The number of carbonyl (C=O) groups is 2. The number of nitrogen functional groups attached to an aromatic ring is 1. The molecule has 1 rings (SSSR count). The van der Waals surface area contributed by atoms with Gasteiger partial charge in [0.1, 0.15) is 9.88 Å². The van der Waals surface area contributed by atoms with E-state index in [1.54, 1.807) is 6.08 Å². The minimum absolute atomic E-state index is 0.120. The third-order valence-corrected chi connectivity index (χ3v) is 3.93. The molecule has 6 nitrogen and oxygen atoms in total. The van der Waals surface area contributed by atoms with E-state index in [1.165, 1.54) is 0 Å². The van der Waals surface area contributed by atoms with Crippen molar-refractivity contribution in [3.63, 3.8) is 0 Å². The van der Waals surface area contributed by atoms with Gasteiger partial charge < -0.3 is 22.1 Å². The van der Waals surface area contributed by atoms with E-state index < -0.39 is 5.91 Å². The average Bonchev–Trinajstić information content (AvgIpc) is 2.72. The molecular formula is C13H20N4O2S. The molecule has 0 aliphatic carbocycles. The molecule has 0 aliphatic heterocycles. The summed E-state index contributed by atoms with van der Waals surface area (Å²) >= 11 is 1.13. The van der Waals surface area contributed by atoms with Crippen LogP contribution in [0.3, 0.4) is 0 Å². The Kier molecular flexibility index (Phi) is 5.57. The SMILES string of the molecule is C=CCNC(=O)c1sc(NC(C)CC)c(C(N)=O)c1N. The molecule has 1 aromatic heterocycles. The molecule has 1 unspecified atom stereocenters. The number of amides is 2. The van der Waals surface area contributed by atoms with Gasteiger partial charge in [0.05, 0.1) is 11.3 Å². The largest absolute Gasteiger partial charge is 0.397 e. The van der Waals surface area contributed by atoms with Crippen molar-refractivity contribution in [2.75, 3.05) is 17.6 Å². The molecule has 0 bridgehead atoms. The lowest BCUT2D eigenvalue weighted by Crippen LogP contribution is -2.23. The number of anilines is 2. The normalized spacial score (nSPS) is 11.7. The van der Waals surface area contributed by atoms with E-state index in [2.05, 4.69) is 17.2 Å². The van der Waals surface area contributed by atoms with Crippen LogP contribution in [0.5, 0.6) is 0 Å². The van der Waals surface area contributed by atoms with Gasteiger partial charge in [-0.05, 0) is 13.3 Å². The van der Waals surface area contributed by atoms with Crippen molar-refractivity contribution >= 4 is 33.8 Å². The van der Waals surface area contributed by atoms with Crippen LogP contribution in [0.2, 0.25) is 0 Å². The van der Waals surface area contributed by atoms with Gasteiger partial charge in [0.15, 0.2) is 0 Å². The Morgan fingerprint density at radius 1 is 1.50 bits per heavy atom. The second-order valence-electron chi connectivity index (χ2n) is 4.37. The highest BCUT2D eigenvalue weighted by atomic mass is 32.1. The van der Waals surface area contributed by atoms with Crippen molar-refractivity contribution in [1.29, 1.82) is 0 Å². The van der Waals surface area contributed by atoms with Crippen LogP contribution in [-0.4, -0.2) is 24.4 Å². The van der Waals surface area contributed by atoms with Gasteiger partial charge in [-0.1, -0.05) is 13.0 Å². The van der Waals surface area contributed by atoms with E-state index in [0.29, 0.717) is 11.5 Å². The Labute approximate surface area is 122 Å². The highest BCUT2D eigenvalue weighted by Crippen LogP contribution is 2.36. The number of hydrogen-bond donors (Lipinski definition) is 4. The number of rotatable bonds is 7. The van der Waals surface area contributed by atoms with E-state index >= 15 is 0 Å². The lowest BCUT2D eigenvalue weighted by atomic mass is 10.2. The number of nitrogens with two attached hydrogens (primary N) is 2. The van der Waals surface area contributed by atoms with Crippen LogP contribution in [0.15, 0.2) is 12.7 Å². The standard InChI is InChI=1S/C13H20N4O2S/c1-4-6-16-12(19)10-9(14)8(11(15)18)13(20-10)17-7(3)5-2/h4,7,17H,1,5-6,14H2,2-3H3,(H2,15,18)(H,16,19). The molecule has 0 aliphatic rings. The molecule has 1 heterocycles. The van der Waals surface area contributed by atoms with Crippen molar-refractivity contribution in [1.82, 2.24) is 5.32 Å². The van der Waals surface area contributed by atoms with Gasteiger partial charge in [0, 0.05) is 12.6 Å². The maximum Gasteiger partial charge on any atom is 0.263 e. The zero-order valence-electron chi connectivity index (χ0n) is 11.7. The van der Waals surface area contributed by atoms with Gasteiger partial charge in [0.2, 0.25) is 0 Å². The number of carbonyl (C=O) groups excluding carboxylic acids is 2. The highest BCUT2D eigenvalue weighted by molar-refractivity contribution is 7.19. The fourth-order valence-corrected chi connectivity index (χ4v) is 2.68. The molecule has 0 aromatic carbocycles. The van der Waals surface area contributed by atoms with Crippen LogP contribution < -0.4 is 22.1 Å². The van der Waals surface area contributed by atoms with E-state index in [0.717, 1.165) is 17.8 Å². The lowest BCUT2D eigenvalue weighted by Gasteiger charge is -2.11. The van der Waals surface area contributed by atoms with E-state index in [4.69, 9.17) is 11.5 Å². The summed E-state index contributed by atoms with van der Waals surface area (Å²) in [6.45, 7) is 7.83. The van der Waals surface area contributed by atoms with Crippen LogP contribution in [-0.2, 0) is 0 Å². The van der Waals surface area contributed by atoms with Crippen molar-refractivity contribution in [2.24, 2.45) is 5.73 Å². The highest BCUT2D eigenvalue weighted by Gasteiger charge is 2.24. The maximum atomic E-state index is 12.0. The topological polar surface area (TPSA) is 110 Å². The molecule has 1 aromatic rings. The first-order valence-corrected chi connectivity index (χ1v) is 7.11. The molecule has 20 heavy (non-hydrogen) atoms. The van der Waals surface area contributed by atoms with E-state index in [-0.39, 0.29) is 28.1 Å². The van der Waals surface area contributed by atoms with Gasteiger partial charge in [-0.2, -0.15) is 0 Å². The summed E-state index contributed by atoms with van der Waals surface area (Å²) in [6, 6.07) is 0.148. The Morgan fingerprint density at radius 3 is 2.65 bits per heavy atom. The molecule has 7 heteroatoms. The number of primary amides is 1. The molecule has 110 valence electrons. The van der Waals surface area contributed by atoms with Crippen LogP contribution in [0.4, 0.5) is 10.7 Å². The molecule has 6 N–H and O–H groups in total. The monoisotopic (exact) mass is 296 g/mol. The summed E-state index contributed by atoms with van der Waals surface area (Å²) in [4.78, 5) is 23.8. The Bertz CT molecular complexity index is 525.